The summed E-state index contributed by atoms with van der Waals surface area (Å²) >= 11 is 0. The molecule has 3 rings (SSSR count). The van der Waals surface area contributed by atoms with Gasteiger partial charge < -0.3 is 0 Å². The van der Waals surface area contributed by atoms with Gasteiger partial charge in [0.05, 0.1) is 6.20 Å². The maximum absolute atomic E-state index is 4.43. The van der Waals surface area contributed by atoms with Crippen LogP contribution in [0.4, 0.5) is 0 Å². The molecule has 0 aliphatic heterocycles. The standard InChI is InChI=1S/C15H18N2/c1-11-8-13(12-6-4-3-5-7-12)14-10-16-17(2)15(14)9-11/h3-7,10-11,13H,8-9H2,1-2H3. The molecular weight excluding hydrogens is 208 g/mol. The van der Waals surface area contributed by atoms with Crippen LogP contribution in [-0.4, -0.2) is 9.78 Å². The van der Waals surface area contributed by atoms with Crippen molar-refractivity contribution in [2.24, 2.45) is 13.0 Å². The highest BCUT2D eigenvalue weighted by Gasteiger charge is 2.28. The SMILES string of the molecule is CC1Cc2c(cnn2C)C(c2ccccc2)C1. The molecule has 17 heavy (non-hydrogen) atoms. The van der Waals surface area contributed by atoms with Gasteiger partial charge in [-0.3, -0.25) is 4.68 Å². The first-order valence-corrected chi connectivity index (χ1v) is 6.31. The number of hydrogen-bond acceptors (Lipinski definition) is 1. The lowest BCUT2D eigenvalue weighted by Gasteiger charge is -2.27. The van der Waals surface area contributed by atoms with E-state index < -0.39 is 0 Å². The molecule has 2 unspecified atom stereocenters. The molecule has 1 aliphatic rings. The Labute approximate surface area is 102 Å². The highest BCUT2D eigenvalue weighted by molar-refractivity contribution is 5.36. The Morgan fingerprint density at radius 3 is 2.76 bits per heavy atom. The van der Waals surface area contributed by atoms with E-state index >= 15 is 0 Å². The van der Waals surface area contributed by atoms with Gasteiger partial charge in [0.25, 0.3) is 0 Å². The summed E-state index contributed by atoms with van der Waals surface area (Å²) in [6, 6.07) is 10.8. The molecule has 88 valence electrons. The van der Waals surface area contributed by atoms with Crippen molar-refractivity contribution >= 4 is 0 Å². The smallest absolute Gasteiger partial charge is 0.0530 e. The Balaban J connectivity index is 2.07. The van der Waals surface area contributed by atoms with Crippen LogP contribution < -0.4 is 0 Å². The van der Waals surface area contributed by atoms with Crippen molar-refractivity contribution in [3.63, 3.8) is 0 Å². The van der Waals surface area contributed by atoms with Crippen LogP contribution in [0.2, 0.25) is 0 Å². The lowest BCUT2D eigenvalue weighted by atomic mass is 9.77. The van der Waals surface area contributed by atoms with Gasteiger partial charge in [-0.2, -0.15) is 5.10 Å². The average molecular weight is 226 g/mol. The van der Waals surface area contributed by atoms with E-state index in [1.165, 1.54) is 23.2 Å². The Morgan fingerprint density at radius 2 is 2.00 bits per heavy atom. The molecule has 0 spiro atoms. The van der Waals surface area contributed by atoms with Crippen molar-refractivity contribution in [3.05, 3.63) is 53.3 Å². The van der Waals surface area contributed by atoms with Gasteiger partial charge in [-0.25, -0.2) is 0 Å². The zero-order valence-corrected chi connectivity index (χ0v) is 10.4. The summed E-state index contributed by atoms with van der Waals surface area (Å²) in [6.45, 7) is 2.34. The largest absolute Gasteiger partial charge is 0.272 e. The van der Waals surface area contributed by atoms with Gasteiger partial charge in [0.2, 0.25) is 0 Å². The number of fused-ring (bicyclic) bond motifs is 1. The lowest BCUT2D eigenvalue weighted by molar-refractivity contribution is 0.448. The van der Waals surface area contributed by atoms with Crippen LogP contribution >= 0.6 is 0 Å². The van der Waals surface area contributed by atoms with E-state index in [0.717, 1.165) is 12.3 Å². The second-order valence-corrected chi connectivity index (χ2v) is 5.18. The van der Waals surface area contributed by atoms with E-state index in [2.05, 4.69) is 55.6 Å². The van der Waals surface area contributed by atoms with Crippen molar-refractivity contribution in [2.75, 3.05) is 0 Å². The van der Waals surface area contributed by atoms with E-state index in [9.17, 15) is 0 Å². The minimum atomic E-state index is 0.531. The molecule has 1 aromatic heterocycles. The maximum atomic E-state index is 4.43. The summed E-state index contributed by atoms with van der Waals surface area (Å²) < 4.78 is 2.04. The monoisotopic (exact) mass is 226 g/mol. The minimum absolute atomic E-state index is 0.531. The molecule has 0 fully saturated rings. The number of hydrogen-bond donors (Lipinski definition) is 0. The van der Waals surface area contributed by atoms with Gasteiger partial charge in [0.1, 0.15) is 0 Å². The zero-order chi connectivity index (χ0) is 11.8. The van der Waals surface area contributed by atoms with Gasteiger partial charge >= 0.3 is 0 Å². The summed E-state index contributed by atoms with van der Waals surface area (Å²) in [5.74, 6) is 1.27. The molecule has 1 aliphatic carbocycles. The minimum Gasteiger partial charge on any atom is -0.272 e. The Kier molecular flexibility index (Phi) is 2.50. The second kappa shape index (κ2) is 4.02. The normalized spacial score (nSPS) is 23.4. The fourth-order valence-electron chi connectivity index (χ4n) is 2.96. The third-order valence-electron chi connectivity index (χ3n) is 3.85. The highest BCUT2D eigenvalue weighted by atomic mass is 15.3. The Bertz CT molecular complexity index is 513. The fraction of sp³-hybridized carbons (Fsp3) is 0.400. The van der Waals surface area contributed by atoms with Gasteiger partial charge in [-0.15, -0.1) is 0 Å². The van der Waals surface area contributed by atoms with Crippen LogP contribution in [-0.2, 0) is 13.5 Å². The summed E-state index contributed by atoms with van der Waals surface area (Å²) in [5, 5.41) is 4.43. The first-order chi connectivity index (χ1) is 8.25. The molecule has 0 N–H and O–H groups in total. The molecule has 2 atom stereocenters. The summed E-state index contributed by atoms with van der Waals surface area (Å²) in [7, 11) is 2.05. The molecule has 0 saturated heterocycles. The van der Waals surface area contributed by atoms with Crippen molar-refractivity contribution in [1.29, 1.82) is 0 Å². The van der Waals surface area contributed by atoms with Crippen molar-refractivity contribution in [2.45, 2.75) is 25.7 Å². The molecule has 1 heterocycles. The van der Waals surface area contributed by atoms with Crippen molar-refractivity contribution in [3.8, 4) is 0 Å². The van der Waals surface area contributed by atoms with Crippen LogP contribution in [0.3, 0.4) is 0 Å². The van der Waals surface area contributed by atoms with Gasteiger partial charge in [-0.1, -0.05) is 37.3 Å². The van der Waals surface area contributed by atoms with E-state index in [-0.39, 0.29) is 0 Å². The molecule has 0 radical (unpaired) electrons. The molecule has 2 aromatic rings. The second-order valence-electron chi connectivity index (χ2n) is 5.18. The van der Waals surface area contributed by atoms with Crippen molar-refractivity contribution in [1.82, 2.24) is 9.78 Å². The first kappa shape index (κ1) is 10.6. The molecule has 1 aromatic carbocycles. The quantitative estimate of drug-likeness (QED) is 0.730. The third kappa shape index (κ3) is 1.78. The number of aryl methyl sites for hydroxylation is 1. The molecule has 2 heteroatoms. The summed E-state index contributed by atoms with van der Waals surface area (Å²) in [5.41, 5.74) is 4.27. The Hall–Kier alpha value is -1.57. The number of nitrogens with zero attached hydrogens (tertiary/aromatic N) is 2. The van der Waals surface area contributed by atoms with E-state index in [1.54, 1.807) is 0 Å². The Morgan fingerprint density at radius 1 is 1.24 bits per heavy atom. The van der Waals surface area contributed by atoms with Gasteiger partial charge in [0, 0.05) is 24.2 Å². The van der Waals surface area contributed by atoms with Crippen LogP contribution in [0.25, 0.3) is 0 Å². The fourth-order valence-corrected chi connectivity index (χ4v) is 2.96. The van der Waals surface area contributed by atoms with Crippen LogP contribution in [0.5, 0.6) is 0 Å². The van der Waals surface area contributed by atoms with Crippen LogP contribution in [0, 0.1) is 5.92 Å². The van der Waals surface area contributed by atoms with Crippen LogP contribution in [0.15, 0.2) is 36.5 Å². The number of benzene rings is 1. The molecule has 0 saturated carbocycles. The van der Waals surface area contributed by atoms with E-state index in [4.69, 9.17) is 0 Å². The molecule has 0 amide bonds. The molecule has 2 nitrogen and oxygen atoms in total. The topological polar surface area (TPSA) is 17.8 Å². The summed E-state index contributed by atoms with van der Waals surface area (Å²) in [6.07, 6.45) is 4.46. The maximum Gasteiger partial charge on any atom is 0.0530 e. The summed E-state index contributed by atoms with van der Waals surface area (Å²) in [4.78, 5) is 0. The predicted octanol–water partition coefficient (Wildman–Crippen LogP) is 3.13. The lowest BCUT2D eigenvalue weighted by Crippen LogP contribution is -2.18. The number of aromatic nitrogens is 2. The first-order valence-electron chi connectivity index (χ1n) is 6.31. The van der Waals surface area contributed by atoms with Crippen molar-refractivity contribution < 1.29 is 0 Å². The highest BCUT2D eigenvalue weighted by Crippen LogP contribution is 2.38. The van der Waals surface area contributed by atoms with E-state index in [1.807, 2.05) is 4.68 Å². The molecular formula is C15H18N2. The molecule has 0 bridgehead atoms. The van der Waals surface area contributed by atoms with Gasteiger partial charge in [0.15, 0.2) is 0 Å². The third-order valence-corrected chi connectivity index (χ3v) is 3.85. The number of rotatable bonds is 1. The van der Waals surface area contributed by atoms with E-state index in [0.29, 0.717) is 5.92 Å². The predicted molar refractivity (Wildman–Crippen MR) is 69.0 cm³/mol. The van der Waals surface area contributed by atoms with Crippen LogP contribution in [0.1, 0.15) is 36.1 Å². The van der Waals surface area contributed by atoms with Gasteiger partial charge in [-0.05, 0) is 24.3 Å². The average Bonchev–Trinajstić information content (AvgIpc) is 2.72. The zero-order valence-electron chi connectivity index (χ0n) is 10.4.